The van der Waals surface area contributed by atoms with Gasteiger partial charge in [-0.2, -0.15) is 0 Å². The SMILES string of the molecule is C[C@H](CN)NC(=O)Cc1noc2ccccc12.Cl. The van der Waals surface area contributed by atoms with Crippen LogP contribution < -0.4 is 11.1 Å². The maximum Gasteiger partial charge on any atom is 0.226 e. The molecule has 0 unspecified atom stereocenters. The van der Waals surface area contributed by atoms with E-state index in [2.05, 4.69) is 10.5 Å². The van der Waals surface area contributed by atoms with E-state index >= 15 is 0 Å². The molecule has 6 heteroatoms. The topological polar surface area (TPSA) is 81.1 Å². The molecule has 0 radical (unpaired) electrons. The minimum absolute atomic E-state index is 0. The van der Waals surface area contributed by atoms with Crippen molar-refractivity contribution < 1.29 is 9.32 Å². The van der Waals surface area contributed by atoms with Gasteiger partial charge in [0.2, 0.25) is 5.91 Å². The number of nitrogens with zero attached hydrogens (tertiary/aromatic N) is 1. The highest BCUT2D eigenvalue weighted by Crippen LogP contribution is 2.17. The Morgan fingerprint density at radius 2 is 2.22 bits per heavy atom. The van der Waals surface area contributed by atoms with E-state index in [-0.39, 0.29) is 30.8 Å². The zero-order chi connectivity index (χ0) is 12.3. The molecule has 1 atom stereocenters. The quantitative estimate of drug-likeness (QED) is 0.875. The molecule has 18 heavy (non-hydrogen) atoms. The molecule has 0 aliphatic carbocycles. The summed E-state index contributed by atoms with van der Waals surface area (Å²) >= 11 is 0. The summed E-state index contributed by atoms with van der Waals surface area (Å²) in [4.78, 5) is 11.7. The minimum Gasteiger partial charge on any atom is -0.356 e. The average Bonchev–Trinajstić information content (AvgIpc) is 2.72. The first-order valence-corrected chi connectivity index (χ1v) is 5.53. The number of fused-ring (bicyclic) bond motifs is 1. The second kappa shape index (κ2) is 6.37. The Balaban J connectivity index is 0.00000162. The van der Waals surface area contributed by atoms with E-state index in [0.29, 0.717) is 17.8 Å². The van der Waals surface area contributed by atoms with Crippen molar-refractivity contribution in [3.8, 4) is 0 Å². The molecule has 0 aliphatic heterocycles. The van der Waals surface area contributed by atoms with Gasteiger partial charge in [0.15, 0.2) is 5.58 Å². The zero-order valence-electron chi connectivity index (χ0n) is 10.1. The second-order valence-electron chi connectivity index (χ2n) is 4.01. The predicted octanol–water partition coefficient (Wildman–Crippen LogP) is 1.26. The normalized spacial score (nSPS) is 11.9. The van der Waals surface area contributed by atoms with Crippen molar-refractivity contribution in [2.45, 2.75) is 19.4 Å². The lowest BCUT2D eigenvalue weighted by Crippen LogP contribution is -2.38. The highest BCUT2D eigenvalue weighted by Gasteiger charge is 2.12. The minimum atomic E-state index is -0.0954. The summed E-state index contributed by atoms with van der Waals surface area (Å²) in [5.74, 6) is -0.0954. The van der Waals surface area contributed by atoms with Crippen LogP contribution in [0.25, 0.3) is 11.0 Å². The number of nitrogens with two attached hydrogens (primary N) is 1. The van der Waals surface area contributed by atoms with Crippen LogP contribution in [-0.2, 0) is 11.2 Å². The van der Waals surface area contributed by atoms with Gasteiger partial charge in [-0.25, -0.2) is 0 Å². The summed E-state index contributed by atoms with van der Waals surface area (Å²) < 4.78 is 5.13. The van der Waals surface area contributed by atoms with E-state index in [0.717, 1.165) is 5.39 Å². The van der Waals surface area contributed by atoms with Gasteiger partial charge in [0, 0.05) is 18.0 Å². The van der Waals surface area contributed by atoms with E-state index in [1.165, 1.54) is 0 Å². The number of carbonyl (C=O) groups excluding carboxylic acids is 1. The maximum absolute atomic E-state index is 11.7. The maximum atomic E-state index is 11.7. The third-order valence-corrected chi connectivity index (χ3v) is 2.54. The van der Waals surface area contributed by atoms with Gasteiger partial charge in [0.25, 0.3) is 0 Å². The van der Waals surface area contributed by atoms with Gasteiger partial charge in [-0.3, -0.25) is 4.79 Å². The average molecular weight is 270 g/mol. The van der Waals surface area contributed by atoms with E-state index in [4.69, 9.17) is 10.3 Å². The highest BCUT2D eigenvalue weighted by atomic mass is 35.5. The molecule has 0 saturated heterocycles. The Kier molecular flexibility index (Phi) is 5.12. The molecular formula is C12H16ClN3O2. The van der Waals surface area contributed by atoms with E-state index in [1.807, 2.05) is 31.2 Å². The summed E-state index contributed by atoms with van der Waals surface area (Å²) in [5.41, 5.74) is 6.79. The van der Waals surface area contributed by atoms with Gasteiger partial charge in [-0.1, -0.05) is 17.3 Å². The number of rotatable bonds is 4. The molecule has 0 bridgehead atoms. The van der Waals surface area contributed by atoms with Crippen LogP contribution in [0.1, 0.15) is 12.6 Å². The number of aromatic nitrogens is 1. The molecule has 1 heterocycles. The fraction of sp³-hybridized carbons (Fsp3) is 0.333. The Hall–Kier alpha value is -1.59. The first-order valence-electron chi connectivity index (χ1n) is 5.53. The summed E-state index contributed by atoms with van der Waals surface area (Å²) in [7, 11) is 0. The number of hydrogen-bond donors (Lipinski definition) is 2. The molecule has 2 rings (SSSR count). The molecule has 0 aliphatic rings. The number of carbonyl (C=O) groups is 1. The molecule has 0 fully saturated rings. The number of amides is 1. The Morgan fingerprint density at radius 3 is 2.94 bits per heavy atom. The van der Waals surface area contributed by atoms with Crippen LogP contribution in [0.2, 0.25) is 0 Å². The standard InChI is InChI=1S/C12H15N3O2.ClH/c1-8(7-13)14-12(16)6-10-9-4-2-3-5-11(9)17-15-10;/h2-5,8H,6-7,13H2,1H3,(H,14,16);1H/t8-;/m1./s1. The van der Waals surface area contributed by atoms with Crippen LogP contribution in [0.4, 0.5) is 0 Å². The van der Waals surface area contributed by atoms with Crippen molar-refractivity contribution in [1.82, 2.24) is 10.5 Å². The van der Waals surface area contributed by atoms with Crippen molar-refractivity contribution in [2.24, 2.45) is 5.73 Å². The largest absolute Gasteiger partial charge is 0.356 e. The molecular weight excluding hydrogens is 254 g/mol. The fourth-order valence-corrected chi connectivity index (χ4v) is 1.60. The van der Waals surface area contributed by atoms with Crippen molar-refractivity contribution in [1.29, 1.82) is 0 Å². The lowest BCUT2D eigenvalue weighted by Gasteiger charge is -2.09. The summed E-state index contributed by atoms with van der Waals surface area (Å²) in [6.07, 6.45) is 0.210. The van der Waals surface area contributed by atoms with Crippen LogP contribution in [0.3, 0.4) is 0 Å². The molecule has 2 aromatic rings. The van der Waals surface area contributed by atoms with Crippen molar-refractivity contribution in [3.05, 3.63) is 30.0 Å². The van der Waals surface area contributed by atoms with Crippen molar-refractivity contribution in [2.75, 3.05) is 6.54 Å². The van der Waals surface area contributed by atoms with Crippen molar-refractivity contribution >= 4 is 29.3 Å². The van der Waals surface area contributed by atoms with Crippen LogP contribution >= 0.6 is 12.4 Å². The number of benzene rings is 1. The van der Waals surface area contributed by atoms with Crippen LogP contribution in [-0.4, -0.2) is 23.7 Å². The first kappa shape index (κ1) is 14.5. The number of nitrogens with one attached hydrogen (secondary N) is 1. The summed E-state index contributed by atoms with van der Waals surface area (Å²) in [6, 6.07) is 7.45. The van der Waals surface area contributed by atoms with Gasteiger partial charge >= 0.3 is 0 Å². The fourth-order valence-electron chi connectivity index (χ4n) is 1.60. The van der Waals surface area contributed by atoms with E-state index < -0.39 is 0 Å². The van der Waals surface area contributed by atoms with Gasteiger partial charge in [-0.05, 0) is 19.1 Å². The highest BCUT2D eigenvalue weighted by molar-refractivity contribution is 5.86. The smallest absolute Gasteiger partial charge is 0.226 e. The van der Waals surface area contributed by atoms with E-state index in [1.54, 1.807) is 0 Å². The Labute approximate surface area is 111 Å². The lowest BCUT2D eigenvalue weighted by molar-refractivity contribution is -0.121. The molecule has 0 spiro atoms. The predicted molar refractivity (Wildman–Crippen MR) is 71.6 cm³/mol. The Morgan fingerprint density at radius 1 is 1.50 bits per heavy atom. The first-order chi connectivity index (χ1) is 8.20. The van der Waals surface area contributed by atoms with Gasteiger partial charge in [0.1, 0.15) is 5.69 Å². The molecule has 1 aromatic carbocycles. The number of halogens is 1. The molecule has 5 nitrogen and oxygen atoms in total. The zero-order valence-corrected chi connectivity index (χ0v) is 10.9. The molecule has 0 saturated carbocycles. The molecule has 3 N–H and O–H groups in total. The van der Waals surface area contributed by atoms with Crippen LogP contribution in [0.5, 0.6) is 0 Å². The van der Waals surface area contributed by atoms with Crippen molar-refractivity contribution in [3.63, 3.8) is 0 Å². The van der Waals surface area contributed by atoms with E-state index in [9.17, 15) is 4.79 Å². The molecule has 1 aromatic heterocycles. The van der Waals surface area contributed by atoms with Crippen LogP contribution in [0, 0.1) is 0 Å². The van der Waals surface area contributed by atoms with Gasteiger partial charge < -0.3 is 15.6 Å². The lowest BCUT2D eigenvalue weighted by atomic mass is 10.1. The molecule has 98 valence electrons. The summed E-state index contributed by atoms with van der Waals surface area (Å²) in [6.45, 7) is 2.28. The third-order valence-electron chi connectivity index (χ3n) is 2.54. The Bertz CT molecular complexity index is 527. The van der Waals surface area contributed by atoms with Crippen LogP contribution in [0.15, 0.2) is 28.8 Å². The number of para-hydroxylation sites is 1. The number of hydrogen-bond acceptors (Lipinski definition) is 4. The second-order valence-corrected chi connectivity index (χ2v) is 4.01. The van der Waals surface area contributed by atoms with Gasteiger partial charge in [0.05, 0.1) is 6.42 Å². The molecule has 1 amide bonds. The van der Waals surface area contributed by atoms with Gasteiger partial charge in [-0.15, -0.1) is 12.4 Å². The third kappa shape index (κ3) is 3.21. The monoisotopic (exact) mass is 269 g/mol. The summed E-state index contributed by atoms with van der Waals surface area (Å²) in [5, 5.41) is 7.57.